The lowest BCUT2D eigenvalue weighted by molar-refractivity contribution is -0.127. The first-order chi connectivity index (χ1) is 11.1. The maximum atomic E-state index is 12.5. The molecule has 0 unspecified atom stereocenters. The number of nitrogens with one attached hydrogen (secondary N) is 1. The first kappa shape index (κ1) is 16.4. The number of aromatic nitrogens is 3. The molecule has 23 heavy (non-hydrogen) atoms. The summed E-state index contributed by atoms with van der Waals surface area (Å²) in [6, 6.07) is 0.728. The average Bonchev–Trinajstić information content (AvgIpc) is 3.17. The number of piperidine rings is 1. The quantitative estimate of drug-likeness (QED) is 0.897. The number of hydrogen-bond donors (Lipinski definition) is 1. The smallest absolute Gasteiger partial charge is 0.224 e. The molecule has 2 fully saturated rings. The molecule has 1 atom stereocenters. The lowest BCUT2D eigenvalue weighted by Gasteiger charge is -2.36. The lowest BCUT2D eigenvalue weighted by Crippen LogP contribution is -2.46. The van der Waals surface area contributed by atoms with E-state index in [1.165, 1.54) is 32.2 Å². The minimum absolute atomic E-state index is 0.155. The van der Waals surface area contributed by atoms with Gasteiger partial charge in [-0.3, -0.25) is 9.69 Å². The van der Waals surface area contributed by atoms with Crippen LogP contribution in [0.25, 0.3) is 0 Å². The molecule has 0 bridgehead atoms. The van der Waals surface area contributed by atoms with Gasteiger partial charge in [-0.25, -0.2) is 9.67 Å². The van der Waals surface area contributed by atoms with Crippen LogP contribution in [0.15, 0.2) is 0 Å². The molecule has 2 heterocycles. The zero-order chi connectivity index (χ0) is 16.2. The van der Waals surface area contributed by atoms with Crippen LogP contribution in [0.5, 0.6) is 0 Å². The summed E-state index contributed by atoms with van der Waals surface area (Å²) in [6.45, 7) is 7.27. The van der Waals surface area contributed by atoms with Crippen molar-refractivity contribution in [1.29, 1.82) is 0 Å². The van der Waals surface area contributed by atoms with E-state index in [1.54, 1.807) is 0 Å². The van der Waals surface area contributed by atoms with Crippen LogP contribution in [0.3, 0.4) is 0 Å². The van der Waals surface area contributed by atoms with Crippen LogP contribution in [-0.2, 0) is 11.3 Å². The molecule has 6 heteroatoms. The Kier molecular flexibility index (Phi) is 5.30. The topological polar surface area (TPSA) is 63.1 Å². The zero-order valence-electron chi connectivity index (χ0n) is 14.4. The number of hydrogen-bond acceptors (Lipinski definition) is 4. The van der Waals surface area contributed by atoms with E-state index in [1.807, 2.05) is 18.5 Å². The normalized spacial score (nSPS) is 23.3. The predicted octanol–water partition coefficient (Wildman–Crippen LogP) is 1.67. The molecule has 1 aromatic heterocycles. The summed E-state index contributed by atoms with van der Waals surface area (Å²) < 4.78 is 1.86. The summed E-state index contributed by atoms with van der Waals surface area (Å²) in [5.74, 6) is 2.06. The van der Waals surface area contributed by atoms with Gasteiger partial charge < -0.3 is 5.32 Å². The summed E-state index contributed by atoms with van der Waals surface area (Å²) in [5, 5.41) is 7.42. The lowest BCUT2D eigenvalue weighted by atomic mass is 9.95. The van der Waals surface area contributed by atoms with Gasteiger partial charge in [-0.1, -0.05) is 12.8 Å². The van der Waals surface area contributed by atoms with Crippen molar-refractivity contribution in [2.45, 2.75) is 65.0 Å². The van der Waals surface area contributed by atoms with E-state index < -0.39 is 0 Å². The summed E-state index contributed by atoms with van der Waals surface area (Å²) in [6.07, 6.45) is 7.52. The van der Waals surface area contributed by atoms with Crippen LogP contribution in [0, 0.1) is 19.8 Å². The van der Waals surface area contributed by atoms with Crippen molar-refractivity contribution < 1.29 is 4.79 Å². The summed E-state index contributed by atoms with van der Waals surface area (Å²) >= 11 is 0. The fourth-order valence-corrected chi connectivity index (χ4v) is 4.02. The van der Waals surface area contributed by atoms with Crippen LogP contribution in [-0.4, -0.2) is 51.2 Å². The molecule has 6 nitrogen and oxygen atoms in total. The van der Waals surface area contributed by atoms with E-state index in [4.69, 9.17) is 0 Å². The van der Waals surface area contributed by atoms with Crippen molar-refractivity contribution in [3.05, 3.63) is 11.6 Å². The van der Waals surface area contributed by atoms with Crippen molar-refractivity contribution in [2.24, 2.45) is 5.92 Å². The van der Waals surface area contributed by atoms with Crippen LogP contribution in [0.1, 0.15) is 50.2 Å². The van der Waals surface area contributed by atoms with Crippen LogP contribution < -0.4 is 5.32 Å². The molecule has 1 saturated carbocycles. The highest BCUT2D eigenvalue weighted by Crippen LogP contribution is 2.27. The number of nitrogens with zero attached hydrogens (tertiary/aromatic N) is 4. The van der Waals surface area contributed by atoms with Crippen LogP contribution in [0.4, 0.5) is 0 Å². The Labute approximate surface area is 138 Å². The molecule has 2 aliphatic rings. The maximum absolute atomic E-state index is 12.5. The van der Waals surface area contributed by atoms with E-state index in [2.05, 4.69) is 20.3 Å². The van der Waals surface area contributed by atoms with Gasteiger partial charge in [0.1, 0.15) is 11.6 Å². The first-order valence-electron chi connectivity index (χ1n) is 9.03. The van der Waals surface area contributed by atoms with E-state index in [0.717, 1.165) is 37.1 Å². The number of amides is 1. The third-order valence-electron chi connectivity index (χ3n) is 5.25. The number of carbonyl (C=O) groups is 1. The van der Waals surface area contributed by atoms with E-state index in [0.29, 0.717) is 13.1 Å². The SMILES string of the molecule is Cc1nc(C)n(CCNC(=O)[C@H]2CCCN(C3CCCC3)C2)n1. The second-order valence-corrected chi connectivity index (χ2v) is 6.99. The van der Waals surface area contributed by atoms with E-state index >= 15 is 0 Å². The van der Waals surface area contributed by atoms with Gasteiger partial charge in [0, 0.05) is 19.1 Å². The molecule has 1 amide bonds. The molecular weight excluding hydrogens is 290 g/mol. The second-order valence-electron chi connectivity index (χ2n) is 6.99. The molecular formula is C17H29N5O. The standard InChI is InChI=1S/C17H29N5O/c1-13-19-14(2)22(20-13)11-9-18-17(23)15-6-5-10-21(12-15)16-7-3-4-8-16/h15-16H,3-12H2,1-2H3,(H,18,23)/t15-/m0/s1. The highest BCUT2D eigenvalue weighted by molar-refractivity contribution is 5.78. The minimum Gasteiger partial charge on any atom is -0.354 e. The Morgan fingerprint density at radius 2 is 2.00 bits per heavy atom. The van der Waals surface area contributed by atoms with Gasteiger partial charge in [-0.05, 0) is 46.1 Å². The minimum atomic E-state index is 0.155. The van der Waals surface area contributed by atoms with Crippen molar-refractivity contribution in [3.63, 3.8) is 0 Å². The Morgan fingerprint density at radius 1 is 1.22 bits per heavy atom. The van der Waals surface area contributed by atoms with Gasteiger partial charge in [0.05, 0.1) is 12.5 Å². The Morgan fingerprint density at radius 3 is 2.70 bits per heavy atom. The van der Waals surface area contributed by atoms with Gasteiger partial charge in [-0.15, -0.1) is 0 Å². The third kappa shape index (κ3) is 4.10. The fraction of sp³-hybridized carbons (Fsp3) is 0.824. The third-order valence-corrected chi connectivity index (χ3v) is 5.25. The Balaban J connectivity index is 1.45. The molecule has 3 rings (SSSR count). The molecule has 1 N–H and O–H groups in total. The molecule has 1 aliphatic heterocycles. The molecule has 0 spiro atoms. The van der Waals surface area contributed by atoms with Crippen LogP contribution >= 0.6 is 0 Å². The number of carbonyl (C=O) groups excluding carboxylic acids is 1. The highest BCUT2D eigenvalue weighted by Gasteiger charge is 2.30. The molecule has 1 aliphatic carbocycles. The molecule has 1 aromatic rings. The number of likely N-dealkylation sites (tertiary alicyclic amines) is 1. The molecule has 128 valence electrons. The molecule has 0 aromatic carbocycles. The van der Waals surface area contributed by atoms with Crippen molar-refractivity contribution in [3.8, 4) is 0 Å². The van der Waals surface area contributed by atoms with Gasteiger partial charge >= 0.3 is 0 Å². The first-order valence-corrected chi connectivity index (χ1v) is 9.03. The highest BCUT2D eigenvalue weighted by atomic mass is 16.1. The van der Waals surface area contributed by atoms with Crippen molar-refractivity contribution in [2.75, 3.05) is 19.6 Å². The van der Waals surface area contributed by atoms with Gasteiger partial charge in [0.25, 0.3) is 0 Å². The largest absolute Gasteiger partial charge is 0.354 e. The zero-order valence-corrected chi connectivity index (χ0v) is 14.4. The Hall–Kier alpha value is -1.43. The number of rotatable bonds is 5. The molecule has 1 saturated heterocycles. The maximum Gasteiger partial charge on any atom is 0.224 e. The van der Waals surface area contributed by atoms with Crippen LogP contribution in [0.2, 0.25) is 0 Å². The van der Waals surface area contributed by atoms with Crippen molar-refractivity contribution in [1.82, 2.24) is 25.0 Å². The average molecular weight is 319 g/mol. The summed E-state index contributed by atoms with van der Waals surface area (Å²) in [4.78, 5) is 19.3. The molecule has 0 radical (unpaired) electrons. The Bertz CT molecular complexity index is 535. The summed E-state index contributed by atoms with van der Waals surface area (Å²) in [7, 11) is 0. The monoisotopic (exact) mass is 319 g/mol. The predicted molar refractivity (Wildman–Crippen MR) is 89.1 cm³/mol. The van der Waals surface area contributed by atoms with Gasteiger partial charge in [-0.2, -0.15) is 5.10 Å². The van der Waals surface area contributed by atoms with E-state index in [-0.39, 0.29) is 11.8 Å². The van der Waals surface area contributed by atoms with Gasteiger partial charge in [0.2, 0.25) is 5.91 Å². The van der Waals surface area contributed by atoms with Gasteiger partial charge in [0.15, 0.2) is 0 Å². The van der Waals surface area contributed by atoms with E-state index in [9.17, 15) is 4.79 Å². The summed E-state index contributed by atoms with van der Waals surface area (Å²) in [5.41, 5.74) is 0. The van der Waals surface area contributed by atoms with Crippen molar-refractivity contribution >= 4 is 5.91 Å². The number of aryl methyl sites for hydroxylation is 2. The second kappa shape index (κ2) is 7.43. The fourth-order valence-electron chi connectivity index (χ4n) is 4.02.